The number of fused-ring (bicyclic) bond motifs is 1. The molecule has 0 aliphatic heterocycles. The third-order valence-corrected chi connectivity index (χ3v) is 3.85. The number of hydrogen-bond acceptors (Lipinski definition) is 6. The molecule has 0 aliphatic rings. The van der Waals surface area contributed by atoms with E-state index in [1.54, 1.807) is 0 Å². The summed E-state index contributed by atoms with van der Waals surface area (Å²) in [7, 11) is 0. The number of carbonyl (C=O) groups is 1. The van der Waals surface area contributed by atoms with E-state index < -0.39 is 4.92 Å². The van der Waals surface area contributed by atoms with Gasteiger partial charge in [-0.3, -0.25) is 14.9 Å². The summed E-state index contributed by atoms with van der Waals surface area (Å²) in [6, 6.07) is 9.49. The summed E-state index contributed by atoms with van der Waals surface area (Å²) in [4.78, 5) is 26.2. The Morgan fingerprint density at radius 3 is 2.75 bits per heavy atom. The standard InChI is InChI=1S/C15H10FN3O4S/c16-9-1-3-10(4-2-9)17-14(20)8-24-15-18-12-7-11(19(21)22)5-6-13(12)23-15/h1-7H,8H2,(H,17,20). The molecule has 0 saturated carbocycles. The van der Waals surface area contributed by atoms with E-state index in [1.165, 1.54) is 42.5 Å². The van der Waals surface area contributed by atoms with Gasteiger partial charge in [-0.25, -0.2) is 9.37 Å². The van der Waals surface area contributed by atoms with Crippen molar-refractivity contribution in [3.05, 3.63) is 58.4 Å². The van der Waals surface area contributed by atoms with Crippen molar-refractivity contribution in [3.63, 3.8) is 0 Å². The molecule has 24 heavy (non-hydrogen) atoms. The number of nitro groups is 1. The van der Waals surface area contributed by atoms with Crippen LogP contribution < -0.4 is 5.32 Å². The molecule has 1 amide bonds. The second-order valence-electron chi connectivity index (χ2n) is 4.73. The molecule has 0 aliphatic carbocycles. The summed E-state index contributed by atoms with van der Waals surface area (Å²) in [5.74, 6) is -0.658. The molecule has 0 atom stereocenters. The first-order chi connectivity index (χ1) is 11.5. The Morgan fingerprint density at radius 2 is 2.04 bits per heavy atom. The van der Waals surface area contributed by atoms with Crippen molar-refractivity contribution in [1.29, 1.82) is 0 Å². The van der Waals surface area contributed by atoms with Crippen LogP contribution in [0.25, 0.3) is 11.1 Å². The first-order valence-corrected chi connectivity index (χ1v) is 7.73. The number of hydrogen-bond donors (Lipinski definition) is 1. The van der Waals surface area contributed by atoms with Gasteiger partial charge < -0.3 is 9.73 Å². The minimum Gasteiger partial charge on any atom is -0.431 e. The molecule has 0 radical (unpaired) electrons. The average Bonchev–Trinajstić information content (AvgIpc) is 2.97. The normalized spacial score (nSPS) is 10.7. The van der Waals surface area contributed by atoms with Crippen LogP contribution in [-0.4, -0.2) is 21.6 Å². The van der Waals surface area contributed by atoms with Crippen LogP contribution in [0.4, 0.5) is 15.8 Å². The molecule has 9 heteroatoms. The second kappa shape index (κ2) is 6.67. The highest BCUT2D eigenvalue weighted by Crippen LogP contribution is 2.26. The predicted octanol–water partition coefficient (Wildman–Crippen LogP) is 3.61. The number of thioether (sulfide) groups is 1. The predicted molar refractivity (Wildman–Crippen MR) is 86.4 cm³/mol. The van der Waals surface area contributed by atoms with Gasteiger partial charge in [0.15, 0.2) is 5.58 Å². The van der Waals surface area contributed by atoms with Crippen LogP contribution in [0, 0.1) is 15.9 Å². The average molecular weight is 347 g/mol. The highest BCUT2D eigenvalue weighted by molar-refractivity contribution is 7.99. The van der Waals surface area contributed by atoms with E-state index in [-0.39, 0.29) is 28.4 Å². The highest BCUT2D eigenvalue weighted by Gasteiger charge is 2.13. The Balaban J connectivity index is 1.63. The Labute approximate surface area is 139 Å². The topological polar surface area (TPSA) is 98.3 Å². The van der Waals surface area contributed by atoms with Gasteiger partial charge in [-0.05, 0) is 30.3 Å². The summed E-state index contributed by atoms with van der Waals surface area (Å²) >= 11 is 1.06. The third-order valence-electron chi connectivity index (χ3n) is 3.02. The molecule has 122 valence electrons. The van der Waals surface area contributed by atoms with Gasteiger partial charge in [0, 0.05) is 17.8 Å². The lowest BCUT2D eigenvalue weighted by atomic mass is 10.3. The van der Waals surface area contributed by atoms with Gasteiger partial charge in [-0.1, -0.05) is 11.8 Å². The van der Waals surface area contributed by atoms with Crippen LogP contribution in [0.1, 0.15) is 0 Å². The molecule has 0 spiro atoms. The summed E-state index contributed by atoms with van der Waals surface area (Å²) in [5, 5.41) is 13.6. The molecule has 2 aromatic carbocycles. The second-order valence-corrected chi connectivity index (χ2v) is 5.66. The molecule has 0 unspecified atom stereocenters. The molecule has 1 N–H and O–H groups in total. The first kappa shape index (κ1) is 15.9. The maximum Gasteiger partial charge on any atom is 0.271 e. The smallest absolute Gasteiger partial charge is 0.271 e. The van der Waals surface area contributed by atoms with Crippen molar-refractivity contribution in [2.75, 3.05) is 11.1 Å². The Kier molecular flexibility index (Phi) is 4.43. The van der Waals surface area contributed by atoms with Gasteiger partial charge in [0.2, 0.25) is 5.91 Å². The molecular formula is C15H10FN3O4S. The molecule has 7 nitrogen and oxygen atoms in total. The summed E-state index contributed by atoms with van der Waals surface area (Å²) in [6.07, 6.45) is 0. The summed E-state index contributed by atoms with van der Waals surface area (Å²) in [5.41, 5.74) is 1.16. The minimum atomic E-state index is -0.517. The highest BCUT2D eigenvalue weighted by atomic mass is 32.2. The van der Waals surface area contributed by atoms with Crippen LogP contribution >= 0.6 is 11.8 Å². The summed E-state index contributed by atoms with van der Waals surface area (Å²) in [6.45, 7) is 0. The maximum absolute atomic E-state index is 12.8. The number of halogens is 1. The number of aromatic nitrogens is 1. The molecule has 1 heterocycles. The number of carbonyl (C=O) groups excluding carboxylic acids is 1. The van der Waals surface area contributed by atoms with Crippen LogP contribution in [-0.2, 0) is 4.79 Å². The number of anilines is 1. The van der Waals surface area contributed by atoms with Crippen LogP contribution in [0.2, 0.25) is 0 Å². The monoisotopic (exact) mass is 347 g/mol. The Bertz CT molecular complexity index is 911. The van der Waals surface area contributed by atoms with E-state index >= 15 is 0 Å². The van der Waals surface area contributed by atoms with Crippen molar-refractivity contribution in [3.8, 4) is 0 Å². The fourth-order valence-electron chi connectivity index (χ4n) is 1.93. The zero-order valence-corrected chi connectivity index (χ0v) is 12.9. The molecular weight excluding hydrogens is 337 g/mol. The van der Waals surface area contributed by atoms with Crippen LogP contribution in [0.5, 0.6) is 0 Å². The van der Waals surface area contributed by atoms with Crippen molar-refractivity contribution in [2.45, 2.75) is 5.22 Å². The molecule has 0 bridgehead atoms. The van der Waals surface area contributed by atoms with E-state index in [1.807, 2.05) is 0 Å². The number of benzene rings is 2. The zero-order valence-electron chi connectivity index (χ0n) is 12.1. The van der Waals surface area contributed by atoms with Crippen molar-refractivity contribution < 1.29 is 18.5 Å². The number of rotatable bonds is 5. The first-order valence-electron chi connectivity index (χ1n) is 6.74. The van der Waals surface area contributed by atoms with Gasteiger partial charge in [-0.15, -0.1) is 0 Å². The summed E-state index contributed by atoms with van der Waals surface area (Å²) < 4.78 is 18.2. The van der Waals surface area contributed by atoms with Gasteiger partial charge in [0.05, 0.1) is 10.7 Å². The molecule has 1 aromatic heterocycles. The third kappa shape index (κ3) is 3.69. The van der Waals surface area contributed by atoms with Crippen molar-refractivity contribution in [2.24, 2.45) is 0 Å². The number of oxazole rings is 1. The van der Waals surface area contributed by atoms with Crippen LogP contribution in [0.15, 0.2) is 52.1 Å². The molecule has 0 saturated heterocycles. The van der Waals surface area contributed by atoms with Gasteiger partial charge >= 0.3 is 0 Å². The number of nitrogens with zero attached hydrogens (tertiary/aromatic N) is 2. The minimum absolute atomic E-state index is 0.0340. The molecule has 3 rings (SSSR count). The van der Waals surface area contributed by atoms with E-state index in [9.17, 15) is 19.3 Å². The van der Waals surface area contributed by atoms with E-state index in [0.29, 0.717) is 16.8 Å². The lowest BCUT2D eigenvalue weighted by Gasteiger charge is -2.03. The van der Waals surface area contributed by atoms with Gasteiger partial charge in [-0.2, -0.15) is 0 Å². The fourth-order valence-corrected chi connectivity index (χ4v) is 2.57. The largest absolute Gasteiger partial charge is 0.431 e. The maximum atomic E-state index is 12.8. The quantitative estimate of drug-likeness (QED) is 0.430. The van der Waals surface area contributed by atoms with Crippen LogP contribution in [0.3, 0.4) is 0 Å². The molecule has 3 aromatic rings. The van der Waals surface area contributed by atoms with E-state index in [0.717, 1.165) is 11.8 Å². The van der Waals surface area contributed by atoms with E-state index in [2.05, 4.69) is 10.3 Å². The lowest BCUT2D eigenvalue weighted by molar-refractivity contribution is -0.384. The Hall–Kier alpha value is -2.94. The van der Waals surface area contributed by atoms with E-state index in [4.69, 9.17) is 4.42 Å². The van der Waals surface area contributed by atoms with Crippen molar-refractivity contribution in [1.82, 2.24) is 4.98 Å². The van der Waals surface area contributed by atoms with Gasteiger partial charge in [0.1, 0.15) is 11.3 Å². The zero-order chi connectivity index (χ0) is 17.1. The lowest BCUT2D eigenvalue weighted by Crippen LogP contribution is -2.13. The SMILES string of the molecule is O=C(CSc1nc2cc([N+](=O)[O-])ccc2o1)Nc1ccc(F)cc1. The number of nitrogens with one attached hydrogen (secondary N) is 1. The number of non-ortho nitro benzene ring substituents is 1. The fraction of sp³-hybridized carbons (Fsp3) is 0.0667. The molecule has 0 fully saturated rings. The number of nitro benzene ring substituents is 1. The number of amides is 1. The van der Waals surface area contributed by atoms with Crippen molar-refractivity contribution >= 4 is 40.1 Å². The Morgan fingerprint density at radius 1 is 1.29 bits per heavy atom. The van der Waals surface area contributed by atoms with Gasteiger partial charge in [0.25, 0.3) is 10.9 Å².